The topological polar surface area (TPSA) is 64.7 Å². The van der Waals surface area contributed by atoms with E-state index in [-0.39, 0.29) is 23.8 Å². The lowest BCUT2D eigenvalue weighted by Crippen LogP contribution is -2.36. The van der Waals surface area contributed by atoms with Gasteiger partial charge in [0.15, 0.2) is 0 Å². The van der Waals surface area contributed by atoms with Gasteiger partial charge in [-0.25, -0.2) is 10.4 Å². The first-order chi connectivity index (χ1) is 14.5. The highest BCUT2D eigenvalue weighted by Gasteiger charge is 2.44. The molecule has 0 aliphatic carbocycles. The van der Waals surface area contributed by atoms with E-state index in [1.807, 2.05) is 41.3 Å². The molecule has 156 valence electrons. The number of nitrogens with one attached hydrogen (secondary N) is 2. The lowest BCUT2D eigenvalue weighted by Gasteiger charge is -2.29. The largest absolute Gasteiger partial charge is 0.384 e. The van der Waals surface area contributed by atoms with Gasteiger partial charge in [0, 0.05) is 30.9 Å². The SMILES string of the molecule is Cc1ccc(N2NC3c4cc(C(=O)N5CCCCC5)ccc4NCC3C2=O)cc1C. The predicted molar refractivity (Wildman–Crippen MR) is 117 cm³/mol. The number of amides is 2. The van der Waals surface area contributed by atoms with Crippen LogP contribution in [0.4, 0.5) is 11.4 Å². The molecule has 3 heterocycles. The molecule has 2 amide bonds. The second kappa shape index (κ2) is 7.43. The molecule has 0 bridgehead atoms. The van der Waals surface area contributed by atoms with Crippen LogP contribution >= 0.6 is 0 Å². The Bertz CT molecular complexity index is 1010. The Morgan fingerprint density at radius 1 is 1.00 bits per heavy atom. The summed E-state index contributed by atoms with van der Waals surface area (Å²) < 4.78 is 0. The van der Waals surface area contributed by atoms with E-state index in [4.69, 9.17) is 0 Å². The molecule has 2 atom stereocenters. The van der Waals surface area contributed by atoms with Gasteiger partial charge < -0.3 is 10.2 Å². The molecule has 0 aromatic heterocycles. The number of carbonyl (C=O) groups is 2. The molecule has 6 heteroatoms. The van der Waals surface area contributed by atoms with Crippen LogP contribution < -0.4 is 15.8 Å². The zero-order chi connectivity index (χ0) is 20.8. The second-order valence-corrected chi connectivity index (χ2v) is 8.69. The van der Waals surface area contributed by atoms with Crippen LogP contribution in [0.5, 0.6) is 0 Å². The quantitative estimate of drug-likeness (QED) is 0.803. The van der Waals surface area contributed by atoms with E-state index in [2.05, 4.69) is 24.6 Å². The van der Waals surface area contributed by atoms with Crippen LogP contribution in [0, 0.1) is 19.8 Å². The number of fused-ring (bicyclic) bond motifs is 3. The van der Waals surface area contributed by atoms with Crippen molar-refractivity contribution in [2.75, 3.05) is 30.0 Å². The molecule has 30 heavy (non-hydrogen) atoms. The van der Waals surface area contributed by atoms with E-state index in [1.54, 1.807) is 5.01 Å². The van der Waals surface area contributed by atoms with E-state index >= 15 is 0 Å². The molecule has 3 aliphatic heterocycles. The number of benzene rings is 2. The maximum absolute atomic E-state index is 13.2. The number of rotatable bonds is 2. The van der Waals surface area contributed by atoms with Crippen molar-refractivity contribution in [3.63, 3.8) is 0 Å². The molecule has 6 nitrogen and oxygen atoms in total. The van der Waals surface area contributed by atoms with E-state index in [1.165, 1.54) is 12.0 Å². The first-order valence-corrected chi connectivity index (χ1v) is 10.9. The molecule has 3 aliphatic rings. The fraction of sp³-hybridized carbons (Fsp3) is 0.417. The number of hydrazine groups is 1. The summed E-state index contributed by atoms with van der Waals surface area (Å²) in [6.07, 6.45) is 3.34. The Morgan fingerprint density at radius 3 is 2.57 bits per heavy atom. The summed E-state index contributed by atoms with van der Waals surface area (Å²) in [5, 5.41) is 5.07. The van der Waals surface area contributed by atoms with Gasteiger partial charge in [-0.2, -0.15) is 0 Å². The van der Waals surface area contributed by atoms with Crippen LogP contribution in [0.15, 0.2) is 36.4 Å². The van der Waals surface area contributed by atoms with E-state index in [9.17, 15) is 9.59 Å². The summed E-state index contributed by atoms with van der Waals surface area (Å²) in [4.78, 5) is 28.1. The minimum absolute atomic E-state index is 0.0640. The zero-order valence-corrected chi connectivity index (χ0v) is 17.6. The third-order valence-corrected chi connectivity index (χ3v) is 6.75. The van der Waals surface area contributed by atoms with Gasteiger partial charge in [0.1, 0.15) is 0 Å². The normalized spacial score (nSPS) is 23.1. The minimum Gasteiger partial charge on any atom is -0.384 e. The minimum atomic E-state index is -0.195. The number of piperidine rings is 1. The standard InChI is InChI=1S/C24H28N4O2/c1-15-6-8-18(12-16(15)2)28-24(30)20-14-25-21-9-7-17(13-19(21)22(20)26-28)23(29)27-10-4-3-5-11-27/h6-9,12-13,20,22,25-26H,3-5,10-11,14H2,1-2H3. The smallest absolute Gasteiger partial charge is 0.253 e. The van der Waals surface area contributed by atoms with Crippen LogP contribution in [-0.4, -0.2) is 36.3 Å². The van der Waals surface area contributed by atoms with Gasteiger partial charge in [0.2, 0.25) is 5.91 Å². The zero-order valence-electron chi connectivity index (χ0n) is 17.6. The monoisotopic (exact) mass is 404 g/mol. The van der Waals surface area contributed by atoms with Gasteiger partial charge in [0.05, 0.1) is 17.6 Å². The van der Waals surface area contributed by atoms with Crippen molar-refractivity contribution in [1.82, 2.24) is 10.3 Å². The highest BCUT2D eigenvalue weighted by atomic mass is 16.2. The van der Waals surface area contributed by atoms with E-state index < -0.39 is 0 Å². The summed E-state index contributed by atoms with van der Waals surface area (Å²) in [7, 11) is 0. The highest BCUT2D eigenvalue weighted by Crippen LogP contribution is 2.40. The highest BCUT2D eigenvalue weighted by molar-refractivity contribution is 5.99. The maximum Gasteiger partial charge on any atom is 0.253 e. The molecule has 0 radical (unpaired) electrons. The molecule has 2 N–H and O–H groups in total. The fourth-order valence-corrected chi connectivity index (χ4v) is 4.77. The number of likely N-dealkylation sites (tertiary alicyclic amines) is 1. The number of hydrogen-bond acceptors (Lipinski definition) is 4. The summed E-state index contributed by atoms with van der Waals surface area (Å²) in [6.45, 7) is 6.38. The van der Waals surface area contributed by atoms with Gasteiger partial charge in [-0.15, -0.1) is 0 Å². The third kappa shape index (κ3) is 3.16. The molecule has 2 aromatic rings. The van der Waals surface area contributed by atoms with Crippen LogP contribution in [0.25, 0.3) is 0 Å². The first kappa shape index (κ1) is 19.1. The molecule has 5 rings (SSSR count). The molecule has 2 aromatic carbocycles. The van der Waals surface area contributed by atoms with Gasteiger partial charge in [0.25, 0.3) is 5.91 Å². The Morgan fingerprint density at radius 2 is 1.80 bits per heavy atom. The Hall–Kier alpha value is -2.86. The van der Waals surface area contributed by atoms with Gasteiger partial charge in [-0.1, -0.05) is 6.07 Å². The fourth-order valence-electron chi connectivity index (χ4n) is 4.77. The van der Waals surface area contributed by atoms with E-state index in [0.717, 1.165) is 48.4 Å². The molecule has 2 unspecified atom stereocenters. The number of aryl methyl sites for hydroxylation is 2. The molecule has 0 saturated carbocycles. The van der Waals surface area contributed by atoms with Gasteiger partial charge in [-0.05, 0) is 80.1 Å². The number of nitrogens with zero attached hydrogens (tertiary/aromatic N) is 2. The van der Waals surface area contributed by atoms with Crippen LogP contribution in [0.2, 0.25) is 0 Å². The summed E-state index contributed by atoms with van der Waals surface area (Å²) in [6, 6.07) is 11.8. The van der Waals surface area contributed by atoms with Crippen molar-refractivity contribution >= 4 is 23.2 Å². The van der Waals surface area contributed by atoms with Gasteiger partial charge in [-0.3, -0.25) is 9.59 Å². The van der Waals surface area contributed by atoms with Crippen molar-refractivity contribution < 1.29 is 9.59 Å². The van der Waals surface area contributed by atoms with Crippen LogP contribution in [0.1, 0.15) is 52.4 Å². The number of carbonyl (C=O) groups excluding carboxylic acids is 2. The maximum atomic E-state index is 13.2. The summed E-state index contributed by atoms with van der Waals surface area (Å²) >= 11 is 0. The third-order valence-electron chi connectivity index (χ3n) is 6.75. The van der Waals surface area contributed by atoms with Crippen molar-refractivity contribution in [3.8, 4) is 0 Å². The van der Waals surface area contributed by atoms with Crippen LogP contribution in [-0.2, 0) is 4.79 Å². The van der Waals surface area contributed by atoms with Crippen molar-refractivity contribution in [2.24, 2.45) is 5.92 Å². The molecule has 2 fully saturated rings. The summed E-state index contributed by atoms with van der Waals surface area (Å²) in [5.41, 5.74) is 9.34. The first-order valence-electron chi connectivity index (χ1n) is 10.9. The lowest BCUT2D eigenvalue weighted by atomic mass is 9.88. The average molecular weight is 405 g/mol. The second-order valence-electron chi connectivity index (χ2n) is 8.69. The number of anilines is 2. The predicted octanol–water partition coefficient (Wildman–Crippen LogP) is 3.56. The Kier molecular flexibility index (Phi) is 4.74. The molecule has 2 saturated heterocycles. The molecular weight excluding hydrogens is 376 g/mol. The number of hydrogen-bond donors (Lipinski definition) is 2. The van der Waals surface area contributed by atoms with Crippen LogP contribution in [0.3, 0.4) is 0 Å². The van der Waals surface area contributed by atoms with Crippen molar-refractivity contribution in [2.45, 2.75) is 39.2 Å². The van der Waals surface area contributed by atoms with Crippen molar-refractivity contribution in [3.05, 3.63) is 58.7 Å². The van der Waals surface area contributed by atoms with Gasteiger partial charge >= 0.3 is 0 Å². The Balaban J connectivity index is 1.44. The average Bonchev–Trinajstić information content (AvgIpc) is 3.12. The lowest BCUT2D eigenvalue weighted by molar-refractivity contribution is -0.120. The Labute approximate surface area is 177 Å². The van der Waals surface area contributed by atoms with E-state index in [0.29, 0.717) is 12.1 Å². The summed E-state index contributed by atoms with van der Waals surface area (Å²) in [5.74, 6) is -0.0384. The van der Waals surface area contributed by atoms with Crippen molar-refractivity contribution in [1.29, 1.82) is 0 Å². The molecule has 0 spiro atoms. The molecular formula is C24H28N4O2.